The molecule has 0 aliphatic heterocycles. The molecule has 4 aromatic rings. The fraction of sp³-hybridized carbons (Fsp3) is 0.208. The number of alkyl halides is 3. The van der Waals surface area contributed by atoms with Crippen LogP contribution in [-0.2, 0) is 13.0 Å². The third-order valence-corrected chi connectivity index (χ3v) is 5.20. The lowest BCUT2D eigenvalue weighted by Gasteiger charge is -2.12. The van der Waals surface area contributed by atoms with Crippen LogP contribution in [0.25, 0.3) is 21.7 Å². The predicted octanol–water partition coefficient (Wildman–Crippen LogP) is 6.18. The molecule has 0 atom stereocenters. The van der Waals surface area contributed by atoms with Crippen LogP contribution in [-0.4, -0.2) is 23.1 Å². The zero-order chi connectivity index (χ0) is 21.3. The van der Waals surface area contributed by atoms with Crippen molar-refractivity contribution in [2.75, 3.05) is 6.61 Å². The molecular weight excluding hydrogens is 391 g/mol. The Morgan fingerprint density at radius 2 is 1.67 bits per heavy atom. The molecule has 0 spiro atoms. The van der Waals surface area contributed by atoms with Crippen molar-refractivity contribution >= 4 is 27.5 Å². The van der Waals surface area contributed by atoms with Gasteiger partial charge in [-0.2, -0.15) is 13.2 Å². The Hall–Kier alpha value is -3.28. The van der Waals surface area contributed by atoms with Gasteiger partial charge in [0, 0.05) is 17.0 Å². The summed E-state index contributed by atoms with van der Waals surface area (Å²) in [7, 11) is 0. The molecule has 30 heavy (non-hydrogen) atoms. The van der Waals surface area contributed by atoms with Crippen molar-refractivity contribution in [3.63, 3.8) is 0 Å². The summed E-state index contributed by atoms with van der Waals surface area (Å²) in [6, 6.07) is 18.7. The zero-order valence-corrected chi connectivity index (χ0v) is 16.4. The Morgan fingerprint density at radius 1 is 0.967 bits per heavy atom. The first kappa shape index (κ1) is 20.0. The lowest BCUT2D eigenvalue weighted by atomic mass is 10.0. The smallest absolute Gasteiger partial charge is 0.454 e. The van der Waals surface area contributed by atoms with E-state index in [0.29, 0.717) is 29.6 Å². The number of halogens is 3. The molecule has 0 saturated carbocycles. The van der Waals surface area contributed by atoms with Crippen LogP contribution in [0, 0.1) is 0 Å². The van der Waals surface area contributed by atoms with Crippen molar-refractivity contribution in [2.24, 2.45) is 0 Å². The molecule has 1 heterocycles. The van der Waals surface area contributed by atoms with Gasteiger partial charge in [0.15, 0.2) is 0 Å². The standard InChI is InChI=1S/C24H20F3NO2/c1-2-16-8-5-11-19-20(23(29)24(25,26)27)15-28(22(16)19)13-14-30-21-12-6-9-17-7-3-4-10-18(17)21/h3-12,15H,2,13-14H2,1H3. The molecule has 0 unspecified atom stereocenters. The molecule has 154 valence electrons. The summed E-state index contributed by atoms with van der Waals surface area (Å²) in [4.78, 5) is 12.0. The Kier molecular flexibility index (Phi) is 5.24. The quantitative estimate of drug-likeness (QED) is 0.355. The van der Waals surface area contributed by atoms with Crippen LogP contribution in [0.15, 0.2) is 66.9 Å². The van der Waals surface area contributed by atoms with Crippen molar-refractivity contribution < 1.29 is 22.7 Å². The van der Waals surface area contributed by atoms with E-state index in [1.807, 2.05) is 55.5 Å². The minimum atomic E-state index is -4.92. The van der Waals surface area contributed by atoms with Gasteiger partial charge in [0.05, 0.1) is 17.6 Å². The van der Waals surface area contributed by atoms with Crippen molar-refractivity contribution in [1.82, 2.24) is 4.57 Å². The second-order valence-electron chi connectivity index (χ2n) is 7.06. The van der Waals surface area contributed by atoms with Crippen molar-refractivity contribution in [1.29, 1.82) is 0 Å². The first-order valence-corrected chi connectivity index (χ1v) is 9.73. The summed E-state index contributed by atoms with van der Waals surface area (Å²) in [5.41, 5.74) is 1.21. The number of rotatable bonds is 6. The van der Waals surface area contributed by atoms with Crippen LogP contribution < -0.4 is 4.74 Å². The van der Waals surface area contributed by atoms with E-state index in [-0.39, 0.29) is 12.2 Å². The predicted molar refractivity (Wildman–Crippen MR) is 111 cm³/mol. The molecule has 4 rings (SSSR count). The average Bonchev–Trinajstić information content (AvgIpc) is 3.11. The number of Topliss-reactive ketones (excluding diaryl/α,β-unsaturated/α-hetero) is 1. The number of ether oxygens (including phenoxy) is 1. The number of carbonyl (C=O) groups excluding carboxylic acids is 1. The van der Waals surface area contributed by atoms with E-state index in [4.69, 9.17) is 4.74 Å². The lowest BCUT2D eigenvalue weighted by Crippen LogP contribution is -2.22. The van der Waals surface area contributed by atoms with Crippen molar-refractivity contribution in [2.45, 2.75) is 26.1 Å². The van der Waals surface area contributed by atoms with Crippen LogP contribution >= 0.6 is 0 Å². The van der Waals surface area contributed by atoms with E-state index < -0.39 is 12.0 Å². The van der Waals surface area contributed by atoms with Crippen LogP contribution in [0.1, 0.15) is 22.8 Å². The highest BCUT2D eigenvalue weighted by molar-refractivity contribution is 6.11. The molecule has 1 aromatic heterocycles. The van der Waals surface area contributed by atoms with Gasteiger partial charge in [-0.25, -0.2) is 0 Å². The summed E-state index contributed by atoms with van der Waals surface area (Å²) in [5, 5.41) is 2.34. The summed E-state index contributed by atoms with van der Waals surface area (Å²) in [6.45, 7) is 2.52. The van der Waals surface area contributed by atoms with Gasteiger partial charge in [0.1, 0.15) is 12.4 Å². The minimum Gasteiger partial charge on any atom is -0.491 e. The number of carbonyl (C=O) groups is 1. The fourth-order valence-corrected chi connectivity index (χ4v) is 3.81. The number of fused-ring (bicyclic) bond motifs is 2. The third-order valence-electron chi connectivity index (χ3n) is 5.20. The maximum atomic E-state index is 13.1. The van der Waals surface area contributed by atoms with E-state index in [9.17, 15) is 18.0 Å². The van der Waals surface area contributed by atoms with E-state index in [1.165, 1.54) is 6.20 Å². The average molecular weight is 411 g/mol. The molecule has 0 radical (unpaired) electrons. The topological polar surface area (TPSA) is 31.2 Å². The number of ketones is 1. The van der Waals surface area contributed by atoms with Gasteiger partial charge in [0.25, 0.3) is 5.78 Å². The second kappa shape index (κ2) is 7.86. The molecule has 3 nitrogen and oxygen atoms in total. The van der Waals surface area contributed by atoms with Gasteiger partial charge >= 0.3 is 6.18 Å². The Balaban J connectivity index is 1.66. The van der Waals surface area contributed by atoms with Gasteiger partial charge in [-0.3, -0.25) is 4.79 Å². The number of nitrogens with zero attached hydrogens (tertiary/aromatic N) is 1. The van der Waals surface area contributed by atoms with Gasteiger partial charge in [-0.05, 0) is 23.4 Å². The molecule has 3 aromatic carbocycles. The first-order chi connectivity index (χ1) is 14.4. The summed E-state index contributed by atoms with van der Waals surface area (Å²) < 4.78 is 46.9. The van der Waals surface area contributed by atoms with E-state index in [0.717, 1.165) is 16.3 Å². The summed E-state index contributed by atoms with van der Waals surface area (Å²) >= 11 is 0. The lowest BCUT2D eigenvalue weighted by molar-refractivity contribution is -0.0884. The van der Waals surface area contributed by atoms with Gasteiger partial charge < -0.3 is 9.30 Å². The zero-order valence-electron chi connectivity index (χ0n) is 16.4. The molecule has 0 fully saturated rings. The fourth-order valence-electron chi connectivity index (χ4n) is 3.81. The second-order valence-corrected chi connectivity index (χ2v) is 7.06. The molecule has 0 N–H and O–H groups in total. The number of aromatic nitrogens is 1. The maximum Gasteiger partial charge on any atom is 0.454 e. The minimum absolute atomic E-state index is 0.259. The maximum absolute atomic E-state index is 13.1. The van der Waals surface area contributed by atoms with Crippen molar-refractivity contribution in [3.05, 3.63) is 78.0 Å². The van der Waals surface area contributed by atoms with Gasteiger partial charge in [-0.1, -0.05) is 61.5 Å². The number of hydrogen-bond acceptors (Lipinski definition) is 2. The number of benzene rings is 3. The molecule has 0 saturated heterocycles. The summed E-state index contributed by atoms with van der Waals surface area (Å²) in [5.74, 6) is -1.11. The van der Waals surface area contributed by atoms with E-state index in [1.54, 1.807) is 16.7 Å². The highest BCUT2D eigenvalue weighted by atomic mass is 19.4. The van der Waals surface area contributed by atoms with E-state index >= 15 is 0 Å². The van der Waals surface area contributed by atoms with Crippen LogP contribution in [0.4, 0.5) is 13.2 Å². The largest absolute Gasteiger partial charge is 0.491 e. The highest BCUT2D eigenvalue weighted by Crippen LogP contribution is 2.31. The monoisotopic (exact) mass is 411 g/mol. The highest BCUT2D eigenvalue weighted by Gasteiger charge is 2.41. The van der Waals surface area contributed by atoms with Crippen LogP contribution in [0.5, 0.6) is 5.75 Å². The molecule has 0 aliphatic carbocycles. The Labute approximate surface area is 171 Å². The van der Waals surface area contributed by atoms with Crippen LogP contribution in [0.2, 0.25) is 0 Å². The SMILES string of the molecule is CCc1cccc2c(C(=O)C(F)(F)F)cn(CCOc3cccc4ccccc34)c12. The van der Waals surface area contributed by atoms with Gasteiger partial charge in [-0.15, -0.1) is 0 Å². The molecule has 0 amide bonds. The first-order valence-electron chi connectivity index (χ1n) is 9.73. The number of hydrogen-bond donors (Lipinski definition) is 0. The molecule has 6 heteroatoms. The molecular formula is C24H20F3NO2. The molecule has 0 aliphatic rings. The summed E-state index contributed by atoms with van der Waals surface area (Å²) in [6.07, 6.45) is -2.97. The molecule has 0 bridgehead atoms. The number of para-hydroxylation sites is 1. The van der Waals surface area contributed by atoms with Crippen LogP contribution in [0.3, 0.4) is 0 Å². The van der Waals surface area contributed by atoms with Crippen molar-refractivity contribution in [3.8, 4) is 5.75 Å². The van der Waals surface area contributed by atoms with E-state index in [2.05, 4.69) is 0 Å². The Bertz CT molecular complexity index is 1220. The van der Waals surface area contributed by atoms with Gasteiger partial charge in [0.2, 0.25) is 0 Å². The number of aryl methyl sites for hydroxylation is 1. The Morgan fingerprint density at radius 3 is 2.43 bits per heavy atom. The normalized spacial score (nSPS) is 11.9. The third kappa shape index (κ3) is 3.65.